The molecule has 1 aromatic rings. The summed E-state index contributed by atoms with van der Waals surface area (Å²) in [5.41, 5.74) is 1.21. The topological polar surface area (TPSA) is 58.2 Å². The van der Waals surface area contributed by atoms with Crippen molar-refractivity contribution in [2.45, 2.75) is 45.6 Å². The van der Waals surface area contributed by atoms with Crippen molar-refractivity contribution >= 4 is 23.2 Å². The van der Waals surface area contributed by atoms with Gasteiger partial charge in [-0.15, -0.1) is 11.3 Å². The zero-order chi connectivity index (χ0) is 14.4. The van der Waals surface area contributed by atoms with Crippen LogP contribution in [0.25, 0.3) is 0 Å². The molecule has 1 fully saturated rings. The van der Waals surface area contributed by atoms with Gasteiger partial charge in [0.05, 0.1) is 6.54 Å². The number of carbonyl (C=O) groups is 2. The Kier molecular flexibility index (Phi) is 5.59. The molecule has 1 aromatic heterocycles. The van der Waals surface area contributed by atoms with Gasteiger partial charge in [-0.1, -0.05) is 12.8 Å². The summed E-state index contributed by atoms with van der Waals surface area (Å²) in [5.74, 6) is 0.278. The largest absolute Gasteiger partial charge is 0.355 e. The summed E-state index contributed by atoms with van der Waals surface area (Å²) in [6.07, 6.45) is 4.64. The first-order valence-corrected chi connectivity index (χ1v) is 8.12. The number of aryl methyl sites for hydroxylation is 1. The van der Waals surface area contributed by atoms with E-state index in [1.807, 2.05) is 18.4 Å². The van der Waals surface area contributed by atoms with Crippen molar-refractivity contribution < 1.29 is 9.59 Å². The number of rotatable bonds is 6. The van der Waals surface area contributed by atoms with Crippen molar-refractivity contribution in [2.24, 2.45) is 5.92 Å². The number of hydrogen-bond donors (Lipinski definition) is 2. The van der Waals surface area contributed by atoms with E-state index in [2.05, 4.69) is 10.6 Å². The number of hydrogen-bond acceptors (Lipinski definition) is 3. The van der Waals surface area contributed by atoms with E-state index in [9.17, 15) is 9.59 Å². The highest BCUT2D eigenvalue weighted by Crippen LogP contribution is 2.24. The first-order valence-electron chi connectivity index (χ1n) is 7.24. The first-order chi connectivity index (χ1) is 9.66. The van der Waals surface area contributed by atoms with Gasteiger partial charge in [0.25, 0.3) is 0 Å². The SMILES string of the molecule is Cc1ccsc1CNC(=O)CCNC(=O)C1CCCC1. The van der Waals surface area contributed by atoms with Crippen LogP contribution in [0.2, 0.25) is 0 Å². The summed E-state index contributed by atoms with van der Waals surface area (Å²) < 4.78 is 0. The number of carbonyl (C=O) groups excluding carboxylic acids is 2. The molecule has 2 amide bonds. The van der Waals surface area contributed by atoms with E-state index in [-0.39, 0.29) is 17.7 Å². The maximum absolute atomic E-state index is 11.8. The normalized spacial score (nSPS) is 15.2. The summed E-state index contributed by atoms with van der Waals surface area (Å²) in [7, 11) is 0. The Morgan fingerprint density at radius 3 is 2.70 bits per heavy atom. The molecule has 4 nitrogen and oxygen atoms in total. The molecular formula is C15H22N2O2S. The maximum atomic E-state index is 11.8. The molecule has 2 N–H and O–H groups in total. The van der Waals surface area contributed by atoms with Crippen LogP contribution in [0.1, 0.15) is 42.5 Å². The van der Waals surface area contributed by atoms with Crippen LogP contribution < -0.4 is 10.6 Å². The lowest BCUT2D eigenvalue weighted by Gasteiger charge is -2.10. The Morgan fingerprint density at radius 2 is 2.05 bits per heavy atom. The van der Waals surface area contributed by atoms with Gasteiger partial charge in [-0.2, -0.15) is 0 Å². The second kappa shape index (κ2) is 7.43. The molecule has 0 aromatic carbocycles. The molecule has 0 spiro atoms. The Bertz CT molecular complexity index is 464. The van der Waals surface area contributed by atoms with E-state index in [1.54, 1.807) is 11.3 Å². The predicted octanol–water partition coefficient (Wildman–Crippen LogP) is 2.37. The minimum Gasteiger partial charge on any atom is -0.355 e. The molecular weight excluding hydrogens is 272 g/mol. The molecule has 0 saturated heterocycles. The summed E-state index contributed by atoms with van der Waals surface area (Å²) in [5, 5.41) is 7.78. The first kappa shape index (κ1) is 15.0. The van der Waals surface area contributed by atoms with Crippen molar-refractivity contribution in [1.82, 2.24) is 10.6 Å². The van der Waals surface area contributed by atoms with Gasteiger partial charge in [0, 0.05) is 23.8 Å². The van der Waals surface area contributed by atoms with Crippen LogP contribution in [0.3, 0.4) is 0 Å². The van der Waals surface area contributed by atoms with E-state index in [1.165, 1.54) is 10.4 Å². The zero-order valence-corrected chi connectivity index (χ0v) is 12.7. The molecule has 1 heterocycles. The van der Waals surface area contributed by atoms with Gasteiger partial charge >= 0.3 is 0 Å². The van der Waals surface area contributed by atoms with Crippen LogP contribution in [0.15, 0.2) is 11.4 Å². The van der Waals surface area contributed by atoms with Crippen molar-refractivity contribution in [3.63, 3.8) is 0 Å². The summed E-state index contributed by atoms with van der Waals surface area (Å²) in [6.45, 7) is 3.06. The van der Waals surface area contributed by atoms with Crippen LogP contribution in [-0.2, 0) is 16.1 Å². The summed E-state index contributed by atoms with van der Waals surface area (Å²) in [6, 6.07) is 2.05. The predicted molar refractivity (Wildman–Crippen MR) is 80.5 cm³/mol. The van der Waals surface area contributed by atoms with Gasteiger partial charge in [-0.3, -0.25) is 9.59 Å². The number of thiophene rings is 1. The Balaban J connectivity index is 1.60. The second-order valence-corrected chi connectivity index (χ2v) is 6.33. The Morgan fingerprint density at radius 1 is 1.30 bits per heavy atom. The highest BCUT2D eigenvalue weighted by molar-refractivity contribution is 7.10. The highest BCUT2D eigenvalue weighted by Gasteiger charge is 2.22. The van der Waals surface area contributed by atoms with Gasteiger partial charge in [-0.05, 0) is 36.8 Å². The van der Waals surface area contributed by atoms with Gasteiger partial charge in [0.1, 0.15) is 0 Å². The van der Waals surface area contributed by atoms with E-state index in [0.29, 0.717) is 19.5 Å². The molecule has 5 heteroatoms. The van der Waals surface area contributed by atoms with Crippen LogP contribution in [-0.4, -0.2) is 18.4 Å². The van der Waals surface area contributed by atoms with E-state index < -0.39 is 0 Å². The molecule has 0 radical (unpaired) electrons. The average Bonchev–Trinajstić information content (AvgIpc) is 3.07. The average molecular weight is 294 g/mol. The highest BCUT2D eigenvalue weighted by atomic mass is 32.1. The van der Waals surface area contributed by atoms with Gasteiger partial charge in [0.15, 0.2) is 0 Å². The van der Waals surface area contributed by atoms with Gasteiger partial charge in [-0.25, -0.2) is 0 Å². The summed E-state index contributed by atoms with van der Waals surface area (Å²) in [4.78, 5) is 24.7. The second-order valence-electron chi connectivity index (χ2n) is 5.33. The van der Waals surface area contributed by atoms with E-state index >= 15 is 0 Å². The molecule has 0 aliphatic heterocycles. The maximum Gasteiger partial charge on any atom is 0.223 e. The van der Waals surface area contributed by atoms with Crippen LogP contribution in [0.5, 0.6) is 0 Å². The minimum atomic E-state index is -0.00970. The summed E-state index contributed by atoms with van der Waals surface area (Å²) >= 11 is 1.65. The third-order valence-electron chi connectivity index (χ3n) is 3.79. The van der Waals surface area contributed by atoms with E-state index in [0.717, 1.165) is 25.7 Å². The third kappa shape index (κ3) is 4.34. The van der Waals surface area contributed by atoms with E-state index in [4.69, 9.17) is 0 Å². The quantitative estimate of drug-likeness (QED) is 0.846. The fourth-order valence-electron chi connectivity index (χ4n) is 2.48. The molecule has 2 rings (SSSR count). The molecule has 0 unspecified atom stereocenters. The smallest absolute Gasteiger partial charge is 0.223 e. The Labute approximate surface area is 124 Å². The number of amides is 2. The van der Waals surface area contributed by atoms with Crippen molar-refractivity contribution in [3.8, 4) is 0 Å². The fourth-order valence-corrected chi connectivity index (χ4v) is 3.33. The van der Waals surface area contributed by atoms with Crippen LogP contribution in [0, 0.1) is 12.8 Å². The fraction of sp³-hybridized carbons (Fsp3) is 0.600. The Hall–Kier alpha value is -1.36. The standard InChI is InChI=1S/C15H22N2O2S/c1-11-7-9-20-13(11)10-17-14(18)6-8-16-15(19)12-4-2-3-5-12/h7,9,12H,2-6,8,10H2,1H3,(H,16,19)(H,17,18). The third-order valence-corrected chi connectivity index (χ3v) is 4.81. The lowest BCUT2D eigenvalue weighted by Crippen LogP contribution is -2.33. The molecule has 0 atom stereocenters. The van der Waals surface area contributed by atoms with Crippen molar-refractivity contribution in [3.05, 3.63) is 21.9 Å². The van der Waals surface area contributed by atoms with Gasteiger partial charge < -0.3 is 10.6 Å². The molecule has 1 aliphatic carbocycles. The molecule has 0 bridgehead atoms. The molecule has 1 saturated carbocycles. The van der Waals surface area contributed by atoms with Crippen LogP contribution >= 0.6 is 11.3 Å². The lowest BCUT2D eigenvalue weighted by atomic mass is 10.1. The van der Waals surface area contributed by atoms with Gasteiger partial charge in [0.2, 0.25) is 11.8 Å². The molecule has 20 heavy (non-hydrogen) atoms. The number of nitrogens with one attached hydrogen (secondary N) is 2. The monoisotopic (exact) mass is 294 g/mol. The zero-order valence-electron chi connectivity index (χ0n) is 11.9. The molecule has 1 aliphatic rings. The van der Waals surface area contributed by atoms with Crippen LogP contribution in [0.4, 0.5) is 0 Å². The molecule has 110 valence electrons. The van der Waals surface area contributed by atoms with Crippen molar-refractivity contribution in [1.29, 1.82) is 0 Å². The lowest BCUT2D eigenvalue weighted by molar-refractivity contribution is -0.125. The minimum absolute atomic E-state index is 0.00970. The van der Waals surface area contributed by atoms with Crippen molar-refractivity contribution in [2.75, 3.05) is 6.54 Å².